The van der Waals surface area contributed by atoms with Crippen LogP contribution in [-0.2, 0) is 4.79 Å². The summed E-state index contributed by atoms with van der Waals surface area (Å²) in [6.45, 7) is 1.74. The van der Waals surface area contributed by atoms with E-state index in [1.54, 1.807) is 43.3 Å². The van der Waals surface area contributed by atoms with Gasteiger partial charge in [0.25, 0.3) is 5.69 Å². The number of nitrogens with zero attached hydrogens (tertiary/aromatic N) is 1. The van der Waals surface area contributed by atoms with E-state index >= 15 is 0 Å². The molecule has 0 saturated heterocycles. The van der Waals surface area contributed by atoms with Crippen LogP contribution in [0.25, 0.3) is 17.4 Å². The van der Waals surface area contributed by atoms with Gasteiger partial charge >= 0.3 is 0 Å². The number of nitro benzene ring substituents is 1. The van der Waals surface area contributed by atoms with E-state index in [2.05, 4.69) is 5.32 Å². The molecule has 6 nitrogen and oxygen atoms in total. The Morgan fingerprint density at radius 3 is 2.64 bits per heavy atom. The van der Waals surface area contributed by atoms with Crippen molar-refractivity contribution in [2.75, 3.05) is 5.32 Å². The summed E-state index contributed by atoms with van der Waals surface area (Å²) in [5.74, 6) is 0.430. The minimum atomic E-state index is -0.541. The zero-order valence-corrected chi connectivity index (χ0v) is 16.1. The number of amides is 1. The van der Waals surface area contributed by atoms with E-state index in [0.29, 0.717) is 27.1 Å². The number of nitro groups is 1. The molecule has 1 N–H and O–H groups in total. The first-order valence-corrected chi connectivity index (χ1v) is 8.88. The van der Waals surface area contributed by atoms with Crippen molar-refractivity contribution in [1.82, 2.24) is 0 Å². The van der Waals surface area contributed by atoms with E-state index in [1.807, 2.05) is 0 Å². The molecule has 0 aliphatic rings. The average Bonchev–Trinajstić information content (AvgIpc) is 3.10. The van der Waals surface area contributed by atoms with Gasteiger partial charge < -0.3 is 9.73 Å². The topological polar surface area (TPSA) is 85.4 Å². The summed E-state index contributed by atoms with van der Waals surface area (Å²) in [6, 6.07) is 13.0. The van der Waals surface area contributed by atoms with Crippen LogP contribution in [0.15, 0.2) is 59.0 Å². The molecule has 8 heteroatoms. The monoisotopic (exact) mass is 416 g/mol. The molecular formula is C20H14Cl2N2O4. The molecule has 0 saturated carbocycles. The molecule has 0 spiro atoms. The van der Waals surface area contributed by atoms with Crippen LogP contribution >= 0.6 is 23.2 Å². The third-order valence-electron chi connectivity index (χ3n) is 3.83. The fraction of sp³-hybridized carbons (Fsp3) is 0.0500. The number of carbonyl (C=O) groups is 1. The zero-order valence-electron chi connectivity index (χ0n) is 14.6. The molecule has 1 heterocycles. The van der Waals surface area contributed by atoms with Gasteiger partial charge in [-0.1, -0.05) is 29.3 Å². The average molecular weight is 417 g/mol. The van der Waals surface area contributed by atoms with Crippen LogP contribution in [0.3, 0.4) is 0 Å². The lowest BCUT2D eigenvalue weighted by atomic mass is 10.2. The third-order valence-corrected chi connectivity index (χ3v) is 4.38. The van der Waals surface area contributed by atoms with E-state index in [0.717, 1.165) is 5.56 Å². The van der Waals surface area contributed by atoms with Gasteiger partial charge in [0.05, 0.1) is 9.95 Å². The van der Waals surface area contributed by atoms with Gasteiger partial charge in [0.15, 0.2) is 0 Å². The molecule has 0 atom stereocenters. The molecule has 3 aromatic rings. The molecule has 0 bridgehead atoms. The number of rotatable bonds is 5. The van der Waals surface area contributed by atoms with E-state index in [1.165, 1.54) is 24.3 Å². The fourth-order valence-electron chi connectivity index (χ4n) is 2.51. The molecule has 142 valence electrons. The molecule has 28 heavy (non-hydrogen) atoms. The first-order valence-electron chi connectivity index (χ1n) is 8.13. The fourth-order valence-corrected chi connectivity index (χ4v) is 3.01. The van der Waals surface area contributed by atoms with Crippen molar-refractivity contribution in [2.45, 2.75) is 6.92 Å². The van der Waals surface area contributed by atoms with Crippen molar-refractivity contribution in [1.29, 1.82) is 0 Å². The lowest BCUT2D eigenvalue weighted by Gasteiger charge is -2.04. The second kappa shape index (κ2) is 8.29. The van der Waals surface area contributed by atoms with Crippen molar-refractivity contribution in [3.05, 3.63) is 86.1 Å². The highest BCUT2D eigenvalue weighted by atomic mass is 35.5. The van der Waals surface area contributed by atoms with Crippen LogP contribution in [0, 0.1) is 17.0 Å². The van der Waals surface area contributed by atoms with Crippen LogP contribution < -0.4 is 5.32 Å². The largest absolute Gasteiger partial charge is 0.457 e. The lowest BCUT2D eigenvalue weighted by Crippen LogP contribution is -2.09. The SMILES string of the molecule is Cc1ccc(NC(=O)/C=C/c2ccc(-c3ccc(Cl)cc3Cl)o2)c([N+](=O)[O-])c1. The quantitative estimate of drug-likeness (QED) is 0.308. The molecule has 0 aliphatic carbocycles. The number of aryl methyl sites for hydroxylation is 1. The number of benzene rings is 2. The third kappa shape index (κ3) is 4.60. The molecule has 1 amide bonds. The van der Waals surface area contributed by atoms with E-state index in [9.17, 15) is 14.9 Å². The molecule has 3 rings (SSSR count). The van der Waals surface area contributed by atoms with Gasteiger partial charge in [0, 0.05) is 22.7 Å². The molecule has 0 unspecified atom stereocenters. The highest BCUT2D eigenvalue weighted by molar-refractivity contribution is 6.36. The Morgan fingerprint density at radius 2 is 1.93 bits per heavy atom. The van der Waals surface area contributed by atoms with Crippen molar-refractivity contribution in [3.8, 4) is 11.3 Å². The first-order chi connectivity index (χ1) is 13.3. The van der Waals surface area contributed by atoms with Crippen LogP contribution in [0.2, 0.25) is 10.0 Å². The standard InChI is InChI=1S/C20H14Cl2N2O4/c1-12-2-7-17(18(10-12)24(26)27)23-20(25)9-5-14-4-8-19(28-14)15-6-3-13(21)11-16(15)22/h2-11H,1H3,(H,23,25)/b9-5+. The molecular weight excluding hydrogens is 403 g/mol. The summed E-state index contributed by atoms with van der Waals surface area (Å²) in [5.41, 5.74) is 1.35. The van der Waals surface area contributed by atoms with Crippen molar-refractivity contribution >= 4 is 46.6 Å². The van der Waals surface area contributed by atoms with Crippen LogP contribution in [0.4, 0.5) is 11.4 Å². The molecule has 0 aliphatic heterocycles. The Morgan fingerprint density at radius 1 is 1.14 bits per heavy atom. The Kier molecular flexibility index (Phi) is 5.82. The summed E-state index contributed by atoms with van der Waals surface area (Å²) in [7, 11) is 0. The number of hydrogen-bond acceptors (Lipinski definition) is 4. The van der Waals surface area contributed by atoms with Gasteiger partial charge in [-0.15, -0.1) is 0 Å². The minimum Gasteiger partial charge on any atom is -0.457 e. The summed E-state index contributed by atoms with van der Waals surface area (Å²) in [6.07, 6.45) is 2.69. The number of furan rings is 1. The van der Waals surface area contributed by atoms with E-state index < -0.39 is 10.8 Å². The zero-order chi connectivity index (χ0) is 20.3. The predicted molar refractivity (Wildman–Crippen MR) is 110 cm³/mol. The van der Waals surface area contributed by atoms with E-state index in [-0.39, 0.29) is 11.4 Å². The van der Waals surface area contributed by atoms with Crippen LogP contribution in [0.5, 0.6) is 0 Å². The van der Waals surface area contributed by atoms with Gasteiger partial charge in [-0.2, -0.15) is 0 Å². The van der Waals surface area contributed by atoms with Crippen LogP contribution in [0.1, 0.15) is 11.3 Å². The van der Waals surface area contributed by atoms with Crippen molar-refractivity contribution in [2.24, 2.45) is 0 Å². The molecule has 0 fully saturated rings. The number of anilines is 1. The summed E-state index contributed by atoms with van der Waals surface area (Å²) < 4.78 is 5.67. The molecule has 2 aromatic carbocycles. The maximum atomic E-state index is 12.1. The Labute approximate surface area is 170 Å². The smallest absolute Gasteiger partial charge is 0.293 e. The van der Waals surface area contributed by atoms with Gasteiger partial charge in [0.1, 0.15) is 17.2 Å². The van der Waals surface area contributed by atoms with Gasteiger partial charge in [-0.05, 0) is 55.0 Å². The summed E-state index contributed by atoms with van der Waals surface area (Å²) >= 11 is 12.0. The number of hydrogen-bond donors (Lipinski definition) is 1. The molecule has 1 aromatic heterocycles. The van der Waals surface area contributed by atoms with Crippen molar-refractivity contribution < 1.29 is 14.1 Å². The number of carbonyl (C=O) groups excluding carboxylic acids is 1. The number of nitrogens with one attached hydrogen (secondary N) is 1. The highest BCUT2D eigenvalue weighted by Gasteiger charge is 2.15. The Hall–Kier alpha value is -3.09. The van der Waals surface area contributed by atoms with E-state index in [4.69, 9.17) is 27.6 Å². The number of halogens is 2. The van der Waals surface area contributed by atoms with Crippen LogP contribution in [-0.4, -0.2) is 10.8 Å². The highest BCUT2D eigenvalue weighted by Crippen LogP contribution is 2.32. The summed E-state index contributed by atoms with van der Waals surface area (Å²) in [5, 5.41) is 14.6. The normalized spacial score (nSPS) is 11.0. The second-order valence-corrected chi connectivity index (χ2v) is 6.77. The van der Waals surface area contributed by atoms with Crippen molar-refractivity contribution in [3.63, 3.8) is 0 Å². The lowest BCUT2D eigenvalue weighted by molar-refractivity contribution is -0.384. The van der Waals surface area contributed by atoms with Gasteiger partial charge in [-0.25, -0.2) is 0 Å². The maximum Gasteiger partial charge on any atom is 0.293 e. The maximum absolute atomic E-state index is 12.1. The molecule has 0 radical (unpaired) electrons. The van der Waals surface area contributed by atoms with Gasteiger partial charge in [0.2, 0.25) is 5.91 Å². The predicted octanol–water partition coefficient (Wildman–Crippen LogP) is 6.12. The van der Waals surface area contributed by atoms with Gasteiger partial charge in [-0.3, -0.25) is 14.9 Å². The minimum absolute atomic E-state index is 0.123. The summed E-state index contributed by atoms with van der Waals surface area (Å²) in [4.78, 5) is 22.7. The Balaban J connectivity index is 1.74. The first kappa shape index (κ1) is 19.7. The second-order valence-electron chi connectivity index (χ2n) is 5.93. The Bertz CT molecular complexity index is 1090.